The number of hydrogen-bond donors (Lipinski definition) is 1. The summed E-state index contributed by atoms with van der Waals surface area (Å²) in [6.07, 6.45) is -6.15. The van der Waals surface area contributed by atoms with Gasteiger partial charge in [0.25, 0.3) is 6.47 Å². The van der Waals surface area contributed by atoms with Gasteiger partial charge in [-0.25, -0.2) is 4.79 Å². The van der Waals surface area contributed by atoms with Crippen molar-refractivity contribution in [1.82, 2.24) is 0 Å². The van der Waals surface area contributed by atoms with Crippen LogP contribution < -0.4 is 0 Å². The van der Waals surface area contributed by atoms with Gasteiger partial charge in [-0.15, -0.1) is 0 Å². The van der Waals surface area contributed by atoms with E-state index in [0.717, 1.165) is 21.0 Å². The number of methoxy groups -OCH3 is 1. The summed E-state index contributed by atoms with van der Waals surface area (Å²) in [7, 11) is 1.14. The van der Waals surface area contributed by atoms with Crippen LogP contribution in [0.1, 0.15) is 93.1 Å². The molecule has 326 valence electrons. The van der Waals surface area contributed by atoms with E-state index >= 15 is 0 Å². The molecule has 0 aromatic carbocycles. The van der Waals surface area contributed by atoms with Gasteiger partial charge >= 0.3 is 35.8 Å². The van der Waals surface area contributed by atoms with Crippen molar-refractivity contribution in [2.75, 3.05) is 13.7 Å². The van der Waals surface area contributed by atoms with Gasteiger partial charge in [0.1, 0.15) is 48.3 Å². The molecule has 2 aliphatic carbocycles. The molecular weight excluding hydrogens is 776 g/mol. The average molecular weight is 833 g/mol. The number of esters is 6. The van der Waals surface area contributed by atoms with Crippen molar-refractivity contribution in [2.45, 2.75) is 135 Å². The maximum absolute atomic E-state index is 14.1. The van der Waals surface area contributed by atoms with Crippen molar-refractivity contribution >= 4 is 42.3 Å². The van der Waals surface area contributed by atoms with Gasteiger partial charge in [-0.2, -0.15) is 0 Å². The van der Waals surface area contributed by atoms with Gasteiger partial charge < -0.3 is 47.4 Å². The van der Waals surface area contributed by atoms with Crippen LogP contribution in [0, 0.1) is 34.5 Å². The molecule has 14 atom stereocenters. The molecule has 0 amide bonds. The second-order valence-electron chi connectivity index (χ2n) is 17.1. The second kappa shape index (κ2) is 16.7. The van der Waals surface area contributed by atoms with E-state index in [-0.39, 0.29) is 12.0 Å². The van der Waals surface area contributed by atoms with E-state index in [4.69, 9.17) is 42.3 Å². The van der Waals surface area contributed by atoms with Crippen LogP contribution in [0.5, 0.6) is 0 Å². The molecule has 0 radical (unpaired) electrons. The lowest BCUT2D eigenvalue weighted by molar-refractivity contribution is -0.228. The highest BCUT2D eigenvalue weighted by Gasteiger charge is 2.88. The zero-order valence-corrected chi connectivity index (χ0v) is 35.2. The van der Waals surface area contributed by atoms with Crippen molar-refractivity contribution in [3.05, 3.63) is 36.3 Å². The maximum Gasteiger partial charge on any atom is 0.335 e. The van der Waals surface area contributed by atoms with E-state index in [1.807, 2.05) is 6.92 Å². The zero-order chi connectivity index (χ0) is 44.0. The third-order valence-electron chi connectivity index (χ3n) is 13.3. The smallest absolute Gasteiger partial charge is 0.335 e. The Morgan fingerprint density at radius 2 is 1.68 bits per heavy atom. The van der Waals surface area contributed by atoms with Crippen LogP contribution in [0.25, 0.3) is 0 Å². The first-order valence-electron chi connectivity index (χ1n) is 19.8. The van der Waals surface area contributed by atoms with Gasteiger partial charge in [-0.05, 0) is 36.5 Å². The fraction of sp³-hybridized carbons (Fsp3) is 0.690. The molecule has 59 heavy (non-hydrogen) atoms. The third kappa shape index (κ3) is 7.53. The fourth-order valence-electron chi connectivity index (χ4n) is 10.2. The van der Waals surface area contributed by atoms with Crippen molar-refractivity contribution in [3.63, 3.8) is 0 Å². The van der Waals surface area contributed by atoms with Crippen LogP contribution in [0.4, 0.5) is 0 Å². The summed E-state index contributed by atoms with van der Waals surface area (Å²) in [6.45, 7) is 17.9. The minimum Gasteiger partial charge on any atom is -0.472 e. The van der Waals surface area contributed by atoms with Crippen LogP contribution in [0.2, 0.25) is 0 Å². The van der Waals surface area contributed by atoms with Crippen molar-refractivity contribution in [3.8, 4) is 0 Å². The van der Waals surface area contributed by atoms with Crippen LogP contribution in [-0.2, 0) is 71.5 Å². The largest absolute Gasteiger partial charge is 0.472 e. The van der Waals surface area contributed by atoms with E-state index < -0.39 is 144 Å². The molecule has 1 spiro atoms. The highest BCUT2D eigenvalue weighted by molar-refractivity contribution is 5.76. The van der Waals surface area contributed by atoms with Crippen LogP contribution in [-0.4, -0.2) is 109 Å². The van der Waals surface area contributed by atoms with Crippen LogP contribution >= 0.6 is 0 Å². The predicted molar refractivity (Wildman–Crippen MR) is 200 cm³/mol. The molecule has 1 N–H and O–H groups in total. The number of ether oxygens (including phenoxy) is 8. The minimum absolute atomic E-state index is 0.134. The number of rotatable bonds is 15. The Hall–Kier alpha value is -4.77. The molecular formula is C42H56O17. The van der Waals surface area contributed by atoms with Crippen LogP contribution in [0.3, 0.4) is 0 Å². The summed E-state index contributed by atoms with van der Waals surface area (Å²) in [5, 5.41) is 11.1. The molecule has 2 saturated heterocycles. The summed E-state index contributed by atoms with van der Waals surface area (Å²) < 4.78 is 53.4. The van der Waals surface area contributed by atoms with E-state index in [1.165, 1.54) is 19.5 Å². The first-order chi connectivity index (χ1) is 27.6. The van der Waals surface area contributed by atoms with Crippen molar-refractivity contribution in [1.29, 1.82) is 0 Å². The molecule has 3 heterocycles. The number of aliphatic hydroxyl groups excluding tert-OH is 1. The highest BCUT2D eigenvalue weighted by atomic mass is 16.7. The summed E-state index contributed by atoms with van der Waals surface area (Å²) in [6, 6.07) is 1.66. The maximum atomic E-state index is 14.1. The van der Waals surface area contributed by atoms with E-state index in [1.54, 1.807) is 40.7 Å². The van der Waals surface area contributed by atoms with Crippen molar-refractivity contribution < 1.29 is 81.0 Å². The number of hydrogen-bond acceptors (Lipinski definition) is 17. The molecule has 1 aromatic heterocycles. The normalized spacial score (nSPS) is 37.0. The van der Waals surface area contributed by atoms with Gasteiger partial charge in [-0.3, -0.25) is 28.8 Å². The Kier molecular flexibility index (Phi) is 12.8. The molecule has 4 aliphatic rings. The summed E-state index contributed by atoms with van der Waals surface area (Å²) in [4.78, 5) is 93.0. The Balaban J connectivity index is 1.87. The monoisotopic (exact) mass is 832 g/mol. The molecule has 17 heteroatoms. The lowest BCUT2D eigenvalue weighted by Crippen LogP contribution is -2.68. The summed E-state index contributed by atoms with van der Waals surface area (Å²) >= 11 is 0. The minimum atomic E-state index is -1.85. The molecule has 1 unspecified atom stereocenters. The summed E-state index contributed by atoms with van der Waals surface area (Å²) in [5.41, 5.74) is -6.05. The predicted octanol–water partition coefficient (Wildman–Crippen LogP) is 3.52. The highest BCUT2D eigenvalue weighted by Crippen LogP contribution is 2.77. The lowest BCUT2D eigenvalue weighted by atomic mass is 9.47. The molecule has 17 nitrogen and oxygen atoms in total. The molecule has 5 rings (SSSR count). The van der Waals surface area contributed by atoms with E-state index in [9.17, 15) is 38.7 Å². The first kappa shape index (κ1) is 45.3. The standard InChI is InChI=1S/C42H56O17/c1-12-21(4)37(49)56-34-31(25-13-14-52-17-25)41(10)35(57-38(50)32(48)20(2)3)33(54-19-43)30(22(5)42(41)36(34)59-42)40(9)26(15-28(46)51-11)39(8,18-53-23(6)44)58-29(47)16-27(40)55-24(7)45/h13-14,17,19-21,26-27,30-36,48H,5,12,15-16,18H2,1-4,6-11H3/t21-,26?,27+,30-,31-,32-,33-,34-,35+,36-,39-,40-,41-,42-/m1/s1. The first-order valence-corrected chi connectivity index (χ1v) is 19.8. The Labute approximate surface area is 342 Å². The number of furan rings is 1. The topological polar surface area (TPSA) is 230 Å². The summed E-state index contributed by atoms with van der Waals surface area (Å²) in [5.74, 6) is -9.56. The SMILES string of the molecule is C=C1[C@@H]([C@]2(C)C(CC(=O)OC)[C@@](C)(COC(C)=O)OC(=O)C[C@@H]2OC(C)=O)[C@@H](OC=O)[C@H](OC(=O)[C@H](O)C(C)C)[C@@]2(C)[C@H](c3ccoc3)[C@@H](OC(=O)[C@H](C)CC)[C@H]3O[C@]132. The van der Waals surface area contributed by atoms with E-state index in [2.05, 4.69) is 6.58 Å². The number of aliphatic hydroxyl groups is 1. The number of carbonyl (C=O) groups is 7. The second-order valence-corrected chi connectivity index (χ2v) is 17.1. The number of epoxide rings is 1. The molecule has 2 aliphatic heterocycles. The van der Waals surface area contributed by atoms with Gasteiger partial charge in [-0.1, -0.05) is 48.1 Å². The molecule has 0 bridgehead atoms. The molecule has 1 aromatic rings. The van der Waals surface area contributed by atoms with E-state index in [0.29, 0.717) is 12.0 Å². The average Bonchev–Trinajstić information content (AvgIpc) is 3.64. The number of carbonyl (C=O) groups excluding carboxylic acids is 7. The fourth-order valence-corrected chi connectivity index (χ4v) is 10.2. The zero-order valence-electron chi connectivity index (χ0n) is 35.2. The third-order valence-corrected chi connectivity index (χ3v) is 13.3. The Morgan fingerprint density at radius 3 is 2.22 bits per heavy atom. The molecule has 2 saturated carbocycles. The molecule has 4 fully saturated rings. The lowest BCUT2D eigenvalue weighted by Gasteiger charge is -2.59. The number of cyclic esters (lactones) is 1. The van der Waals surface area contributed by atoms with Gasteiger partial charge in [0, 0.05) is 37.0 Å². The van der Waals surface area contributed by atoms with Gasteiger partial charge in [0.15, 0.2) is 6.10 Å². The quantitative estimate of drug-likeness (QED) is 0.0876. The van der Waals surface area contributed by atoms with Gasteiger partial charge in [0.05, 0.1) is 43.8 Å². The Bertz CT molecular complexity index is 1820. The van der Waals surface area contributed by atoms with Gasteiger partial charge in [0.2, 0.25) is 0 Å². The Morgan fingerprint density at radius 1 is 1.00 bits per heavy atom. The van der Waals surface area contributed by atoms with Crippen LogP contribution in [0.15, 0.2) is 35.2 Å². The van der Waals surface area contributed by atoms with Crippen molar-refractivity contribution in [2.24, 2.45) is 34.5 Å².